The number of alkyl halides is 6. The highest BCUT2D eigenvalue weighted by Crippen LogP contribution is 2.27. The molecule has 1 heterocycles. The van der Waals surface area contributed by atoms with E-state index in [9.17, 15) is 31.1 Å². The Morgan fingerprint density at radius 3 is 2.23 bits per heavy atom. The predicted molar refractivity (Wildman–Crippen MR) is 76.8 cm³/mol. The minimum absolute atomic E-state index is 0.0541. The van der Waals surface area contributed by atoms with Gasteiger partial charge in [-0.05, 0) is 23.8 Å². The summed E-state index contributed by atoms with van der Waals surface area (Å²) in [5.41, 5.74) is -0.583. The SMILES string of the molecule is CN(Cc1ccc(OC(F)(F)F)cc1)C(=O)Cn1ccc(C(F)(F)F)n1. The van der Waals surface area contributed by atoms with Crippen LogP contribution in [0.5, 0.6) is 5.75 Å². The lowest BCUT2D eigenvalue weighted by molar-refractivity contribution is -0.274. The number of rotatable bonds is 5. The molecule has 5 nitrogen and oxygen atoms in total. The number of nitrogens with zero attached hydrogens (tertiary/aromatic N) is 3. The second-order valence-corrected chi connectivity index (χ2v) is 5.34. The average Bonchev–Trinajstić information content (AvgIpc) is 2.96. The van der Waals surface area contributed by atoms with Crippen LogP contribution in [0.2, 0.25) is 0 Å². The first kappa shape index (κ1) is 19.6. The number of carbonyl (C=O) groups excluding carboxylic acids is 1. The zero-order valence-electron chi connectivity index (χ0n) is 13.3. The van der Waals surface area contributed by atoms with Crippen LogP contribution in [0.4, 0.5) is 26.3 Å². The van der Waals surface area contributed by atoms with Gasteiger partial charge in [-0.3, -0.25) is 9.48 Å². The molecule has 11 heteroatoms. The summed E-state index contributed by atoms with van der Waals surface area (Å²) in [5.74, 6) is -0.913. The normalized spacial score (nSPS) is 12.1. The molecule has 2 aromatic rings. The van der Waals surface area contributed by atoms with Crippen molar-refractivity contribution in [2.24, 2.45) is 0 Å². The molecule has 0 aliphatic rings. The Hall–Kier alpha value is -2.72. The molecule has 0 unspecified atom stereocenters. The van der Waals surface area contributed by atoms with Gasteiger partial charge < -0.3 is 9.64 Å². The zero-order chi connectivity index (χ0) is 19.5. The van der Waals surface area contributed by atoms with Crippen LogP contribution < -0.4 is 4.74 Å². The molecule has 0 radical (unpaired) electrons. The number of hydrogen-bond donors (Lipinski definition) is 0. The Morgan fingerprint density at radius 1 is 1.12 bits per heavy atom. The lowest BCUT2D eigenvalue weighted by atomic mass is 10.2. The lowest BCUT2D eigenvalue weighted by Crippen LogP contribution is -2.30. The summed E-state index contributed by atoms with van der Waals surface area (Å²) < 4.78 is 78.3. The molecule has 2 rings (SSSR count). The third-order valence-electron chi connectivity index (χ3n) is 3.23. The maximum Gasteiger partial charge on any atom is 0.573 e. The molecule has 1 aromatic heterocycles. The maximum absolute atomic E-state index is 12.5. The summed E-state index contributed by atoms with van der Waals surface area (Å²) in [6.45, 7) is -0.347. The first-order valence-corrected chi connectivity index (χ1v) is 7.13. The van der Waals surface area contributed by atoms with Gasteiger partial charge in [0, 0.05) is 19.8 Å². The van der Waals surface area contributed by atoms with Crippen molar-refractivity contribution < 1.29 is 35.9 Å². The average molecular weight is 381 g/mol. The molecule has 26 heavy (non-hydrogen) atoms. The second-order valence-electron chi connectivity index (χ2n) is 5.34. The van der Waals surface area contributed by atoms with E-state index in [0.29, 0.717) is 5.56 Å². The standard InChI is InChI=1S/C15H13F6N3O2/c1-23(8-10-2-4-11(5-3-10)26-15(19,20)21)13(25)9-24-7-6-12(22-24)14(16,17)18/h2-7H,8-9H2,1H3. The second kappa shape index (κ2) is 7.26. The molecule has 0 fully saturated rings. The molecule has 0 saturated carbocycles. The van der Waals surface area contributed by atoms with Gasteiger partial charge in [-0.1, -0.05) is 12.1 Å². The van der Waals surface area contributed by atoms with Crippen LogP contribution >= 0.6 is 0 Å². The number of hydrogen-bond acceptors (Lipinski definition) is 3. The van der Waals surface area contributed by atoms with E-state index in [4.69, 9.17) is 0 Å². The van der Waals surface area contributed by atoms with Crippen LogP contribution in [0, 0.1) is 0 Å². The third-order valence-corrected chi connectivity index (χ3v) is 3.23. The van der Waals surface area contributed by atoms with Gasteiger partial charge in [0.15, 0.2) is 5.69 Å². The van der Waals surface area contributed by atoms with Crippen LogP contribution in [-0.4, -0.2) is 34.0 Å². The van der Waals surface area contributed by atoms with Crippen LogP contribution in [0.25, 0.3) is 0 Å². The van der Waals surface area contributed by atoms with Gasteiger partial charge in [0.05, 0.1) is 0 Å². The van der Waals surface area contributed by atoms with Crippen LogP contribution in [-0.2, 0) is 24.1 Å². The van der Waals surface area contributed by atoms with Gasteiger partial charge >= 0.3 is 12.5 Å². The maximum atomic E-state index is 12.5. The fourth-order valence-corrected chi connectivity index (χ4v) is 2.02. The zero-order valence-corrected chi connectivity index (χ0v) is 13.3. The predicted octanol–water partition coefficient (Wildman–Crippen LogP) is 3.46. The largest absolute Gasteiger partial charge is 0.573 e. The highest BCUT2D eigenvalue weighted by molar-refractivity contribution is 5.75. The molecule has 0 saturated heterocycles. The number of amides is 1. The number of aromatic nitrogens is 2. The van der Waals surface area contributed by atoms with E-state index >= 15 is 0 Å². The Balaban J connectivity index is 1.93. The molecule has 1 aromatic carbocycles. The van der Waals surface area contributed by atoms with E-state index in [1.807, 2.05) is 0 Å². The summed E-state index contributed by atoms with van der Waals surface area (Å²) in [6.07, 6.45) is -8.36. The highest BCUT2D eigenvalue weighted by atomic mass is 19.4. The quantitative estimate of drug-likeness (QED) is 0.746. The van der Waals surface area contributed by atoms with E-state index in [1.54, 1.807) is 0 Å². The van der Waals surface area contributed by atoms with E-state index in [1.165, 1.54) is 24.1 Å². The molecular formula is C15H13F6N3O2. The number of benzene rings is 1. The molecule has 0 aliphatic carbocycles. The van der Waals surface area contributed by atoms with Crippen molar-refractivity contribution in [1.82, 2.24) is 14.7 Å². The lowest BCUT2D eigenvalue weighted by Gasteiger charge is -2.17. The van der Waals surface area contributed by atoms with Crippen molar-refractivity contribution in [2.45, 2.75) is 25.6 Å². The Labute approximate surface area is 143 Å². The summed E-state index contributed by atoms with van der Waals surface area (Å²) in [6, 6.07) is 5.65. The van der Waals surface area contributed by atoms with E-state index in [-0.39, 0.29) is 6.54 Å². The van der Waals surface area contributed by atoms with E-state index in [2.05, 4.69) is 9.84 Å². The topological polar surface area (TPSA) is 47.4 Å². The summed E-state index contributed by atoms with van der Waals surface area (Å²) in [4.78, 5) is 13.3. The molecule has 0 atom stereocenters. The smallest absolute Gasteiger partial charge is 0.406 e. The van der Waals surface area contributed by atoms with E-state index in [0.717, 1.165) is 29.1 Å². The number of ether oxygens (including phenoxy) is 1. The van der Waals surface area contributed by atoms with E-state index < -0.39 is 36.4 Å². The van der Waals surface area contributed by atoms with Crippen LogP contribution in [0.1, 0.15) is 11.3 Å². The minimum atomic E-state index is -4.80. The van der Waals surface area contributed by atoms with Gasteiger partial charge in [-0.15, -0.1) is 13.2 Å². The molecule has 142 valence electrons. The van der Waals surface area contributed by atoms with Crippen molar-refractivity contribution in [3.63, 3.8) is 0 Å². The highest BCUT2D eigenvalue weighted by Gasteiger charge is 2.33. The molecule has 0 bridgehead atoms. The Morgan fingerprint density at radius 2 is 1.73 bits per heavy atom. The molecule has 0 N–H and O–H groups in total. The van der Waals surface area contributed by atoms with Crippen molar-refractivity contribution in [2.75, 3.05) is 7.05 Å². The van der Waals surface area contributed by atoms with Crippen LogP contribution in [0.15, 0.2) is 36.5 Å². The molecule has 0 spiro atoms. The fraction of sp³-hybridized carbons (Fsp3) is 0.333. The van der Waals surface area contributed by atoms with Crippen molar-refractivity contribution in [3.05, 3.63) is 47.8 Å². The molecular weight excluding hydrogens is 368 g/mol. The molecule has 0 aliphatic heterocycles. The molecule has 1 amide bonds. The van der Waals surface area contributed by atoms with Crippen molar-refractivity contribution in [3.8, 4) is 5.75 Å². The number of halogens is 6. The first-order chi connectivity index (χ1) is 11.9. The third kappa shape index (κ3) is 5.67. The summed E-state index contributed by atoms with van der Waals surface area (Å²) >= 11 is 0. The summed E-state index contributed by atoms with van der Waals surface area (Å²) in [7, 11) is 1.41. The van der Waals surface area contributed by atoms with Gasteiger partial charge in [0.25, 0.3) is 0 Å². The number of likely N-dealkylation sites (N-methyl/N-ethyl adjacent to an activating group) is 1. The fourth-order valence-electron chi connectivity index (χ4n) is 2.02. The van der Waals surface area contributed by atoms with Crippen LogP contribution in [0.3, 0.4) is 0 Å². The Bertz CT molecular complexity index is 752. The Kier molecular flexibility index (Phi) is 5.47. The van der Waals surface area contributed by atoms with Gasteiger partial charge in [0.2, 0.25) is 5.91 Å². The summed E-state index contributed by atoms with van der Waals surface area (Å²) in [5, 5.41) is 3.28. The monoisotopic (exact) mass is 381 g/mol. The van der Waals surface area contributed by atoms with Crippen molar-refractivity contribution >= 4 is 5.91 Å². The minimum Gasteiger partial charge on any atom is -0.406 e. The van der Waals surface area contributed by atoms with Gasteiger partial charge in [-0.25, -0.2) is 0 Å². The first-order valence-electron chi connectivity index (χ1n) is 7.13. The van der Waals surface area contributed by atoms with Gasteiger partial charge in [-0.2, -0.15) is 18.3 Å². The van der Waals surface area contributed by atoms with Gasteiger partial charge in [0.1, 0.15) is 12.3 Å². The van der Waals surface area contributed by atoms with Crippen molar-refractivity contribution in [1.29, 1.82) is 0 Å². The number of carbonyl (C=O) groups is 1.